The molecule has 2 nitrogen and oxygen atoms in total. The summed E-state index contributed by atoms with van der Waals surface area (Å²) in [6.45, 7) is 11.8. The lowest BCUT2D eigenvalue weighted by molar-refractivity contribution is 0.377. The Morgan fingerprint density at radius 3 is 1.71 bits per heavy atom. The monoisotopic (exact) mass is 544 g/mol. The summed E-state index contributed by atoms with van der Waals surface area (Å²) >= 11 is 0. The van der Waals surface area contributed by atoms with E-state index in [2.05, 4.69) is 159 Å². The van der Waals surface area contributed by atoms with Crippen LogP contribution in [0.5, 0.6) is 0 Å². The molecule has 8 rings (SSSR count). The van der Waals surface area contributed by atoms with Gasteiger partial charge in [-0.25, -0.2) is 0 Å². The second-order valence-corrected chi connectivity index (χ2v) is 13.5. The van der Waals surface area contributed by atoms with E-state index < -0.39 is 0 Å². The fraction of sp³-hybridized carbons (Fsp3) is 0.200. The van der Waals surface area contributed by atoms with E-state index in [4.69, 9.17) is 0 Å². The number of benzene rings is 6. The van der Waals surface area contributed by atoms with Crippen LogP contribution in [-0.4, -0.2) is 9.13 Å². The third-order valence-electron chi connectivity index (χ3n) is 9.20. The summed E-state index contributed by atoms with van der Waals surface area (Å²) in [5.74, 6) is 0. The van der Waals surface area contributed by atoms with Gasteiger partial charge in [0.25, 0.3) is 0 Å². The van der Waals surface area contributed by atoms with E-state index in [9.17, 15) is 0 Å². The van der Waals surface area contributed by atoms with Gasteiger partial charge in [-0.2, -0.15) is 0 Å². The number of nitrogens with zero attached hydrogens (tertiary/aromatic N) is 2. The zero-order valence-corrected chi connectivity index (χ0v) is 25.1. The van der Waals surface area contributed by atoms with Crippen LogP contribution in [0.1, 0.15) is 40.2 Å². The van der Waals surface area contributed by atoms with E-state index in [-0.39, 0.29) is 11.1 Å². The molecule has 0 aliphatic carbocycles. The molecule has 0 amide bonds. The maximum Gasteiger partial charge on any atom is 0.0578 e. The Labute approximate surface area is 246 Å². The molecule has 0 fully saturated rings. The number of hydrogen-bond donors (Lipinski definition) is 0. The van der Waals surface area contributed by atoms with Gasteiger partial charge in [-0.3, -0.25) is 0 Å². The van der Waals surface area contributed by atoms with E-state index in [1.165, 1.54) is 70.7 Å². The molecule has 0 N–H and O–H groups in total. The summed E-state index contributed by atoms with van der Waals surface area (Å²) in [7, 11) is 0. The molecule has 0 spiro atoms. The van der Waals surface area contributed by atoms with E-state index >= 15 is 0 Å². The summed E-state index contributed by atoms with van der Waals surface area (Å²) in [5.41, 5.74) is 6.40. The van der Waals surface area contributed by atoms with Crippen LogP contribution in [0.25, 0.3) is 65.2 Å². The molecule has 0 aliphatic heterocycles. The zero-order valence-electron chi connectivity index (χ0n) is 25.1. The molecule has 42 heavy (non-hydrogen) atoms. The molecule has 2 heterocycles. The van der Waals surface area contributed by atoms with Crippen molar-refractivity contribution in [2.45, 2.75) is 52.1 Å². The number of rotatable bonds is 3. The molecule has 0 aliphatic rings. The van der Waals surface area contributed by atoms with Gasteiger partial charge < -0.3 is 9.13 Å². The standard InChI is InChI=1S/C40H36N2/c1-39(2,3)42-34-21-13-10-18-31(34)36-28(24-27-15-7-9-17-30(27)38(36)42)25-40(4,5)41-33-20-12-11-19-32(33)37-29-16-8-6-14-26(29)22-23-35(37)41/h6-24H,25H2,1-5H3. The molecular weight excluding hydrogens is 508 g/mol. The molecular formula is C40H36N2. The van der Waals surface area contributed by atoms with Crippen molar-refractivity contribution in [2.24, 2.45) is 0 Å². The molecule has 6 aromatic carbocycles. The van der Waals surface area contributed by atoms with E-state index in [1.54, 1.807) is 0 Å². The third-order valence-corrected chi connectivity index (χ3v) is 9.20. The van der Waals surface area contributed by atoms with Gasteiger partial charge in [0.05, 0.1) is 11.0 Å². The van der Waals surface area contributed by atoms with Crippen molar-refractivity contribution in [3.8, 4) is 0 Å². The van der Waals surface area contributed by atoms with Crippen molar-refractivity contribution in [1.82, 2.24) is 9.13 Å². The predicted octanol–water partition coefficient (Wildman–Crippen LogP) is 10.9. The van der Waals surface area contributed by atoms with E-state index in [0.717, 1.165) is 6.42 Å². The fourth-order valence-corrected chi connectivity index (χ4v) is 7.69. The largest absolute Gasteiger partial charge is 0.335 e. The smallest absolute Gasteiger partial charge is 0.0578 e. The highest BCUT2D eigenvalue weighted by molar-refractivity contribution is 6.21. The SMILES string of the molecule is CC(C)(C)n1c2ccccc2c2c(CC(C)(C)n3c4ccccc4c4c5ccccc5ccc43)cc3ccccc3c21. The summed E-state index contributed by atoms with van der Waals surface area (Å²) in [6.07, 6.45) is 0.910. The average Bonchev–Trinajstić information content (AvgIpc) is 3.52. The fourth-order valence-electron chi connectivity index (χ4n) is 7.69. The van der Waals surface area contributed by atoms with Crippen LogP contribution in [0, 0.1) is 0 Å². The second kappa shape index (κ2) is 8.72. The van der Waals surface area contributed by atoms with Crippen LogP contribution in [0.4, 0.5) is 0 Å². The first kappa shape index (κ1) is 25.2. The van der Waals surface area contributed by atoms with E-state index in [0.29, 0.717) is 0 Å². The van der Waals surface area contributed by atoms with Gasteiger partial charge >= 0.3 is 0 Å². The maximum absolute atomic E-state index is 2.61. The Balaban J connectivity index is 1.45. The van der Waals surface area contributed by atoms with Crippen LogP contribution >= 0.6 is 0 Å². The van der Waals surface area contributed by atoms with E-state index in [1.807, 2.05) is 0 Å². The van der Waals surface area contributed by atoms with Gasteiger partial charge in [0, 0.05) is 49.0 Å². The Hall–Kier alpha value is -4.56. The first-order chi connectivity index (χ1) is 20.2. The molecule has 0 radical (unpaired) electrons. The minimum atomic E-state index is -0.190. The second-order valence-electron chi connectivity index (χ2n) is 13.5. The lowest BCUT2D eigenvalue weighted by Crippen LogP contribution is -2.29. The molecule has 0 unspecified atom stereocenters. The van der Waals surface area contributed by atoms with Crippen LogP contribution in [0.2, 0.25) is 0 Å². The van der Waals surface area contributed by atoms with Crippen molar-refractivity contribution in [3.63, 3.8) is 0 Å². The topological polar surface area (TPSA) is 9.86 Å². The zero-order chi connectivity index (χ0) is 28.8. The van der Waals surface area contributed by atoms with Gasteiger partial charge in [0.2, 0.25) is 0 Å². The van der Waals surface area contributed by atoms with Gasteiger partial charge in [0.1, 0.15) is 0 Å². The van der Waals surface area contributed by atoms with Crippen LogP contribution < -0.4 is 0 Å². The molecule has 2 aromatic heterocycles. The highest BCUT2D eigenvalue weighted by Crippen LogP contribution is 2.44. The van der Waals surface area contributed by atoms with Crippen molar-refractivity contribution in [1.29, 1.82) is 0 Å². The molecule has 8 aromatic rings. The number of aromatic nitrogens is 2. The summed E-state index contributed by atoms with van der Waals surface area (Å²) in [4.78, 5) is 0. The summed E-state index contributed by atoms with van der Waals surface area (Å²) < 4.78 is 5.18. The minimum Gasteiger partial charge on any atom is -0.335 e. The van der Waals surface area contributed by atoms with Crippen molar-refractivity contribution in [2.75, 3.05) is 0 Å². The number of hydrogen-bond acceptors (Lipinski definition) is 0. The van der Waals surface area contributed by atoms with Crippen molar-refractivity contribution < 1.29 is 0 Å². The maximum atomic E-state index is 2.61. The highest BCUT2D eigenvalue weighted by atomic mass is 15.1. The molecule has 2 heteroatoms. The first-order valence-electron chi connectivity index (χ1n) is 15.1. The molecule has 0 saturated carbocycles. The van der Waals surface area contributed by atoms with Gasteiger partial charge in [0.15, 0.2) is 0 Å². The Morgan fingerprint density at radius 1 is 0.476 bits per heavy atom. The average molecular weight is 545 g/mol. The highest BCUT2D eigenvalue weighted by Gasteiger charge is 2.30. The quantitative estimate of drug-likeness (QED) is 0.209. The predicted molar refractivity (Wildman–Crippen MR) is 182 cm³/mol. The van der Waals surface area contributed by atoms with Gasteiger partial charge in [-0.1, -0.05) is 97.1 Å². The van der Waals surface area contributed by atoms with Crippen LogP contribution in [0.3, 0.4) is 0 Å². The Bertz CT molecular complexity index is 2340. The van der Waals surface area contributed by atoms with Crippen LogP contribution in [-0.2, 0) is 17.5 Å². The lowest BCUT2D eigenvalue weighted by Gasteiger charge is -2.30. The van der Waals surface area contributed by atoms with Crippen molar-refractivity contribution >= 4 is 65.2 Å². The van der Waals surface area contributed by atoms with Gasteiger partial charge in [-0.15, -0.1) is 0 Å². The van der Waals surface area contributed by atoms with Crippen LogP contribution in [0.15, 0.2) is 115 Å². The summed E-state index contributed by atoms with van der Waals surface area (Å²) in [6, 6.07) is 42.7. The number of fused-ring (bicyclic) bond motifs is 10. The Kier molecular flexibility index (Phi) is 5.23. The number of para-hydroxylation sites is 2. The summed E-state index contributed by atoms with van der Waals surface area (Å²) in [5, 5.41) is 10.6. The molecule has 0 saturated heterocycles. The normalized spacial score (nSPS) is 13.0. The Morgan fingerprint density at radius 2 is 1.02 bits per heavy atom. The van der Waals surface area contributed by atoms with Crippen molar-refractivity contribution in [3.05, 3.63) is 121 Å². The molecule has 0 bridgehead atoms. The lowest BCUT2D eigenvalue weighted by atomic mass is 9.89. The first-order valence-corrected chi connectivity index (χ1v) is 15.1. The molecule has 206 valence electrons. The van der Waals surface area contributed by atoms with Gasteiger partial charge in [-0.05, 0) is 81.0 Å². The third kappa shape index (κ3) is 3.51. The molecule has 0 atom stereocenters. The minimum absolute atomic E-state index is 0.0633.